The van der Waals surface area contributed by atoms with Gasteiger partial charge in [0.25, 0.3) is 5.91 Å². The van der Waals surface area contributed by atoms with Crippen LogP contribution in [0.15, 0.2) is 12.3 Å². The zero-order valence-electron chi connectivity index (χ0n) is 13.8. The molecule has 2 aliphatic rings. The van der Waals surface area contributed by atoms with E-state index < -0.39 is 5.91 Å². The Balaban J connectivity index is 1.67. The normalized spacial score (nSPS) is 18.6. The van der Waals surface area contributed by atoms with Crippen LogP contribution >= 0.6 is 11.5 Å². The maximum Gasteiger partial charge on any atom is 0.269 e. The number of rotatable bonds is 5. The Bertz CT molecular complexity index is 697. The van der Waals surface area contributed by atoms with E-state index in [4.69, 9.17) is 5.73 Å². The minimum absolute atomic E-state index is 0.272. The molecule has 1 aromatic rings. The van der Waals surface area contributed by atoms with Gasteiger partial charge in [-0.05, 0) is 37.4 Å². The first kappa shape index (κ1) is 16.7. The summed E-state index contributed by atoms with van der Waals surface area (Å²) in [6.45, 7) is 8.97. The van der Waals surface area contributed by atoms with E-state index in [1.54, 1.807) is 6.08 Å². The van der Waals surface area contributed by atoms with Crippen LogP contribution < -0.4 is 5.73 Å². The van der Waals surface area contributed by atoms with Gasteiger partial charge in [0.15, 0.2) is 0 Å². The van der Waals surface area contributed by atoms with E-state index in [9.17, 15) is 9.59 Å². The van der Waals surface area contributed by atoms with Gasteiger partial charge in [0.2, 0.25) is 5.91 Å². The standard InChI is InChI=1S/C17H22N4O2S/c1-3-13-14(24-19-15(13)16(18)22)10-11(2)20-6-8-21(9-7-20)17(23)12-4-5-12/h3,10,12H,1,4-9H2,2H3,(H2,18,22)/b11-10+. The summed E-state index contributed by atoms with van der Waals surface area (Å²) >= 11 is 1.25. The minimum atomic E-state index is -0.536. The van der Waals surface area contributed by atoms with Crippen LogP contribution in [0.1, 0.15) is 40.7 Å². The van der Waals surface area contributed by atoms with Crippen LogP contribution in [0.25, 0.3) is 12.2 Å². The first-order valence-electron chi connectivity index (χ1n) is 8.15. The molecule has 1 aliphatic carbocycles. The van der Waals surface area contributed by atoms with E-state index in [1.807, 2.05) is 17.9 Å². The molecule has 2 heterocycles. The molecule has 3 rings (SSSR count). The topological polar surface area (TPSA) is 79.5 Å². The number of primary amides is 1. The minimum Gasteiger partial charge on any atom is -0.371 e. The summed E-state index contributed by atoms with van der Waals surface area (Å²) in [6, 6.07) is 0. The number of carbonyl (C=O) groups is 2. The van der Waals surface area contributed by atoms with Gasteiger partial charge in [-0.15, -0.1) is 0 Å². The van der Waals surface area contributed by atoms with Gasteiger partial charge >= 0.3 is 0 Å². The second-order valence-corrected chi connectivity index (χ2v) is 7.05. The quantitative estimate of drug-likeness (QED) is 0.882. The lowest BCUT2D eigenvalue weighted by Crippen LogP contribution is -2.48. The second-order valence-electron chi connectivity index (χ2n) is 6.25. The SMILES string of the molecule is C=Cc1c(C(N)=O)nsc1/C=C(\C)N1CCN(C(=O)C2CC2)CC1. The van der Waals surface area contributed by atoms with Gasteiger partial charge in [0.1, 0.15) is 5.69 Å². The lowest BCUT2D eigenvalue weighted by molar-refractivity contribution is -0.134. The number of carbonyl (C=O) groups excluding carboxylic acids is 2. The molecule has 0 spiro atoms. The zero-order valence-corrected chi connectivity index (χ0v) is 14.6. The Hall–Kier alpha value is -2.15. The number of allylic oxidation sites excluding steroid dienone is 1. The van der Waals surface area contributed by atoms with Crippen LogP contribution in [0.2, 0.25) is 0 Å². The van der Waals surface area contributed by atoms with E-state index in [0.717, 1.165) is 49.6 Å². The molecule has 2 N–H and O–H groups in total. The van der Waals surface area contributed by atoms with Crippen LogP contribution in [0.5, 0.6) is 0 Å². The first-order valence-corrected chi connectivity index (χ1v) is 8.92. The summed E-state index contributed by atoms with van der Waals surface area (Å²) < 4.78 is 4.13. The van der Waals surface area contributed by atoms with Gasteiger partial charge in [-0.25, -0.2) is 0 Å². The van der Waals surface area contributed by atoms with Gasteiger partial charge in [-0.1, -0.05) is 12.7 Å². The van der Waals surface area contributed by atoms with Crippen molar-refractivity contribution in [3.63, 3.8) is 0 Å². The lowest BCUT2D eigenvalue weighted by Gasteiger charge is -2.36. The van der Waals surface area contributed by atoms with Gasteiger partial charge < -0.3 is 15.5 Å². The monoisotopic (exact) mass is 346 g/mol. The summed E-state index contributed by atoms with van der Waals surface area (Å²) in [7, 11) is 0. The molecular weight excluding hydrogens is 324 g/mol. The van der Waals surface area contributed by atoms with Crippen LogP contribution in [-0.2, 0) is 4.79 Å². The molecule has 0 atom stereocenters. The molecule has 2 amide bonds. The Morgan fingerprint density at radius 1 is 1.25 bits per heavy atom. The van der Waals surface area contributed by atoms with Crippen LogP contribution in [0.3, 0.4) is 0 Å². The predicted molar refractivity (Wildman–Crippen MR) is 95.3 cm³/mol. The molecule has 6 nitrogen and oxygen atoms in total. The molecule has 1 saturated carbocycles. The Morgan fingerprint density at radius 3 is 2.42 bits per heavy atom. The molecule has 2 fully saturated rings. The fourth-order valence-corrected chi connectivity index (χ4v) is 3.82. The van der Waals surface area contributed by atoms with Crippen molar-refractivity contribution in [2.75, 3.05) is 26.2 Å². The Kier molecular flexibility index (Phi) is 4.71. The molecule has 1 aromatic heterocycles. The second kappa shape index (κ2) is 6.76. The highest BCUT2D eigenvalue weighted by Crippen LogP contribution is 2.31. The van der Waals surface area contributed by atoms with Crippen molar-refractivity contribution >= 4 is 35.5 Å². The molecule has 7 heteroatoms. The number of amides is 2. The number of hydrogen-bond acceptors (Lipinski definition) is 5. The molecule has 24 heavy (non-hydrogen) atoms. The van der Waals surface area contributed by atoms with Crippen molar-refractivity contribution in [3.8, 4) is 0 Å². The van der Waals surface area contributed by atoms with E-state index in [0.29, 0.717) is 11.5 Å². The maximum atomic E-state index is 12.1. The number of nitrogens with zero attached hydrogens (tertiary/aromatic N) is 3. The summed E-state index contributed by atoms with van der Waals surface area (Å²) in [4.78, 5) is 28.6. The van der Waals surface area contributed by atoms with Gasteiger partial charge in [0.05, 0.1) is 4.88 Å². The van der Waals surface area contributed by atoms with Gasteiger partial charge in [0, 0.05) is 43.4 Å². The first-order chi connectivity index (χ1) is 11.5. The number of piperazine rings is 1. The molecule has 128 valence electrons. The van der Waals surface area contributed by atoms with Crippen molar-refractivity contribution in [1.82, 2.24) is 14.2 Å². The van der Waals surface area contributed by atoms with Crippen molar-refractivity contribution in [2.45, 2.75) is 19.8 Å². The average Bonchev–Trinajstić information content (AvgIpc) is 3.35. The Morgan fingerprint density at radius 2 is 1.88 bits per heavy atom. The molecule has 1 aliphatic heterocycles. The molecular formula is C17H22N4O2S. The van der Waals surface area contributed by atoms with Crippen LogP contribution in [-0.4, -0.2) is 52.2 Å². The third-order valence-corrected chi connectivity index (χ3v) is 5.36. The molecule has 1 saturated heterocycles. The highest BCUT2D eigenvalue weighted by molar-refractivity contribution is 7.07. The van der Waals surface area contributed by atoms with E-state index in [1.165, 1.54) is 11.5 Å². The smallest absolute Gasteiger partial charge is 0.269 e. The van der Waals surface area contributed by atoms with Crippen molar-refractivity contribution in [3.05, 3.63) is 28.4 Å². The zero-order chi connectivity index (χ0) is 17.3. The molecule has 0 bridgehead atoms. The summed E-state index contributed by atoms with van der Waals surface area (Å²) in [5.41, 5.74) is 7.39. The van der Waals surface area contributed by atoms with Crippen molar-refractivity contribution in [1.29, 1.82) is 0 Å². The highest BCUT2D eigenvalue weighted by atomic mass is 32.1. The number of aromatic nitrogens is 1. The molecule has 0 unspecified atom stereocenters. The molecule has 0 aromatic carbocycles. The summed E-state index contributed by atoms with van der Waals surface area (Å²) in [5.74, 6) is 0.0668. The van der Waals surface area contributed by atoms with Crippen molar-refractivity contribution < 1.29 is 9.59 Å². The summed E-state index contributed by atoms with van der Waals surface area (Å²) in [5, 5.41) is 0. The predicted octanol–water partition coefficient (Wildman–Crippen LogP) is 1.80. The van der Waals surface area contributed by atoms with Crippen molar-refractivity contribution in [2.24, 2.45) is 11.7 Å². The van der Waals surface area contributed by atoms with E-state index in [-0.39, 0.29) is 11.6 Å². The van der Waals surface area contributed by atoms with Crippen LogP contribution in [0.4, 0.5) is 0 Å². The third kappa shape index (κ3) is 3.36. The fourth-order valence-electron chi connectivity index (χ4n) is 2.94. The van der Waals surface area contributed by atoms with E-state index >= 15 is 0 Å². The van der Waals surface area contributed by atoms with Gasteiger partial charge in [-0.3, -0.25) is 9.59 Å². The van der Waals surface area contributed by atoms with Crippen LogP contribution in [0, 0.1) is 5.92 Å². The number of nitrogens with two attached hydrogens (primary N) is 1. The molecule has 0 radical (unpaired) electrons. The maximum absolute atomic E-state index is 12.1. The summed E-state index contributed by atoms with van der Waals surface area (Å²) in [6.07, 6.45) is 5.74. The van der Waals surface area contributed by atoms with E-state index in [2.05, 4.69) is 15.9 Å². The Labute approximate surface area is 145 Å². The highest BCUT2D eigenvalue weighted by Gasteiger charge is 2.34. The lowest BCUT2D eigenvalue weighted by atomic mass is 10.1. The number of hydrogen-bond donors (Lipinski definition) is 1. The third-order valence-electron chi connectivity index (χ3n) is 4.55. The average molecular weight is 346 g/mol. The van der Waals surface area contributed by atoms with Gasteiger partial charge in [-0.2, -0.15) is 4.37 Å². The largest absolute Gasteiger partial charge is 0.371 e. The fraction of sp³-hybridized carbons (Fsp3) is 0.471.